The number of benzene rings is 1. The monoisotopic (exact) mass is 562 g/mol. The summed E-state index contributed by atoms with van der Waals surface area (Å²) in [7, 11) is 0. The number of halogens is 9. The van der Waals surface area contributed by atoms with Crippen LogP contribution in [-0.2, 0) is 9.47 Å². The Balaban J connectivity index is 1.35. The number of hydrogen-bond acceptors (Lipinski definition) is 3. The van der Waals surface area contributed by atoms with Crippen molar-refractivity contribution in [2.75, 3.05) is 13.2 Å². The Kier molecular flexibility index (Phi) is 7.75. The lowest BCUT2D eigenvalue weighted by atomic mass is 9.72. The molecular formula is C26H31F9O3. The molecule has 2 saturated carbocycles. The van der Waals surface area contributed by atoms with Gasteiger partial charge < -0.3 is 14.2 Å². The minimum Gasteiger partial charge on any atom is -0.432 e. The molecule has 38 heavy (non-hydrogen) atoms. The van der Waals surface area contributed by atoms with E-state index in [1.54, 1.807) is 0 Å². The molecule has 0 unspecified atom stereocenters. The lowest BCUT2D eigenvalue weighted by Crippen LogP contribution is -2.56. The molecule has 1 heterocycles. The van der Waals surface area contributed by atoms with Gasteiger partial charge in [-0.05, 0) is 38.5 Å². The zero-order valence-corrected chi connectivity index (χ0v) is 21.1. The highest BCUT2D eigenvalue weighted by Crippen LogP contribution is 2.55. The van der Waals surface area contributed by atoms with Gasteiger partial charge in [-0.3, -0.25) is 0 Å². The summed E-state index contributed by atoms with van der Waals surface area (Å²) in [6, 6.07) is 0.483. The molecule has 4 rings (SSSR count). The average molecular weight is 563 g/mol. The van der Waals surface area contributed by atoms with Gasteiger partial charge in [0.1, 0.15) is 5.75 Å². The van der Waals surface area contributed by atoms with Gasteiger partial charge in [0.15, 0.2) is 23.2 Å². The van der Waals surface area contributed by atoms with E-state index in [1.165, 1.54) is 0 Å². The Bertz CT molecular complexity index is 963. The first kappa shape index (κ1) is 29.3. The summed E-state index contributed by atoms with van der Waals surface area (Å²) in [5, 5.41) is 0. The number of ether oxygens (including phenoxy) is 3. The average Bonchev–Trinajstić information content (AvgIpc) is 2.84. The summed E-state index contributed by atoms with van der Waals surface area (Å²) in [6.07, 6.45) is -6.75. The second-order valence-electron chi connectivity index (χ2n) is 11.6. The second kappa shape index (κ2) is 10.1. The molecule has 0 aromatic heterocycles. The summed E-state index contributed by atoms with van der Waals surface area (Å²) < 4.78 is 146. The van der Waals surface area contributed by atoms with Gasteiger partial charge in [-0.1, -0.05) is 13.8 Å². The lowest BCUT2D eigenvalue weighted by molar-refractivity contribution is -0.327. The van der Waals surface area contributed by atoms with Crippen molar-refractivity contribution in [3.8, 4) is 5.75 Å². The largest absolute Gasteiger partial charge is 0.432 e. The van der Waals surface area contributed by atoms with Crippen molar-refractivity contribution in [3.63, 3.8) is 0 Å². The Morgan fingerprint density at radius 1 is 0.711 bits per heavy atom. The Hall–Kier alpha value is -1.69. The molecular weight excluding hydrogens is 531 g/mol. The van der Waals surface area contributed by atoms with Gasteiger partial charge in [-0.15, -0.1) is 0 Å². The van der Waals surface area contributed by atoms with E-state index in [4.69, 9.17) is 9.47 Å². The predicted octanol–water partition coefficient (Wildman–Crippen LogP) is 8.11. The Morgan fingerprint density at radius 3 is 1.61 bits per heavy atom. The van der Waals surface area contributed by atoms with Crippen LogP contribution in [0.5, 0.6) is 5.75 Å². The van der Waals surface area contributed by atoms with E-state index < -0.39 is 90.4 Å². The van der Waals surface area contributed by atoms with Crippen molar-refractivity contribution in [1.82, 2.24) is 0 Å². The molecule has 2 aliphatic carbocycles. The van der Waals surface area contributed by atoms with Crippen LogP contribution >= 0.6 is 0 Å². The molecule has 1 aromatic rings. The van der Waals surface area contributed by atoms with Crippen LogP contribution in [0.2, 0.25) is 0 Å². The van der Waals surface area contributed by atoms with Crippen LogP contribution in [0.4, 0.5) is 39.5 Å². The Morgan fingerprint density at radius 2 is 1.13 bits per heavy atom. The highest BCUT2D eigenvalue weighted by atomic mass is 19.3. The molecule has 3 nitrogen and oxygen atoms in total. The van der Waals surface area contributed by atoms with Crippen molar-refractivity contribution in [2.24, 2.45) is 23.2 Å². The van der Waals surface area contributed by atoms with Crippen LogP contribution in [0.15, 0.2) is 12.1 Å². The van der Waals surface area contributed by atoms with Crippen LogP contribution in [-0.4, -0.2) is 37.0 Å². The third-order valence-electron chi connectivity index (χ3n) is 8.08. The van der Waals surface area contributed by atoms with Gasteiger partial charge in [0.05, 0.1) is 19.1 Å². The molecule has 12 heteroatoms. The van der Waals surface area contributed by atoms with Crippen molar-refractivity contribution >= 4 is 0 Å². The molecule has 1 spiro atoms. The van der Waals surface area contributed by atoms with Gasteiger partial charge in [0, 0.05) is 42.2 Å². The first-order chi connectivity index (χ1) is 17.5. The molecule has 1 aromatic carbocycles. The van der Waals surface area contributed by atoms with Crippen LogP contribution in [0, 0.1) is 40.6 Å². The zero-order valence-electron chi connectivity index (χ0n) is 21.1. The quantitative estimate of drug-likeness (QED) is 0.259. The fourth-order valence-corrected chi connectivity index (χ4v) is 5.61. The summed E-state index contributed by atoms with van der Waals surface area (Å²) >= 11 is 0. The predicted molar refractivity (Wildman–Crippen MR) is 118 cm³/mol. The lowest BCUT2D eigenvalue weighted by Gasteiger charge is -2.48. The van der Waals surface area contributed by atoms with Gasteiger partial charge in [0.2, 0.25) is 0 Å². The van der Waals surface area contributed by atoms with E-state index in [0.717, 1.165) is 0 Å². The molecule has 1 aliphatic heterocycles. The SMILES string of the molecule is CC1(C)COC2(CCC(C(F)(F)C(F)(F)C3CCC(C(F)(F)Oc4cc(F)c(F)c(F)c4)CC3)CC2)OC1. The molecule has 1 saturated heterocycles. The van der Waals surface area contributed by atoms with Crippen molar-refractivity contribution in [3.05, 3.63) is 29.6 Å². The fraction of sp³-hybridized carbons (Fsp3) is 0.769. The second-order valence-corrected chi connectivity index (χ2v) is 11.6. The molecule has 0 amide bonds. The van der Waals surface area contributed by atoms with Crippen LogP contribution in [0.25, 0.3) is 0 Å². The van der Waals surface area contributed by atoms with Crippen LogP contribution in [0.3, 0.4) is 0 Å². The summed E-state index contributed by atoms with van der Waals surface area (Å²) in [6.45, 7) is 4.60. The summed E-state index contributed by atoms with van der Waals surface area (Å²) in [5.74, 6) is -21.2. The maximum Gasteiger partial charge on any atom is 0.400 e. The number of alkyl halides is 6. The van der Waals surface area contributed by atoms with Crippen molar-refractivity contribution in [1.29, 1.82) is 0 Å². The van der Waals surface area contributed by atoms with Crippen LogP contribution < -0.4 is 4.74 Å². The maximum atomic E-state index is 15.2. The van der Waals surface area contributed by atoms with Gasteiger partial charge in [-0.2, -0.15) is 26.3 Å². The highest BCUT2D eigenvalue weighted by Gasteiger charge is 2.65. The van der Waals surface area contributed by atoms with Gasteiger partial charge >= 0.3 is 18.0 Å². The van der Waals surface area contributed by atoms with Crippen molar-refractivity contribution in [2.45, 2.75) is 89.0 Å². The molecule has 216 valence electrons. The van der Waals surface area contributed by atoms with Crippen LogP contribution in [0.1, 0.15) is 65.2 Å². The number of hydrogen-bond donors (Lipinski definition) is 0. The zero-order chi connectivity index (χ0) is 28.1. The summed E-state index contributed by atoms with van der Waals surface area (Å²) in [4.78, 5) is 0. The van der Waals surface area contributed by atoms with E-state index >= 15 is 17.6 Å². The third kappa shape index (κ3) is 5.62. The first-order valence-electron chi connectivity index (χ1n) is 12.7. The third-order valence-corrected chi connectivity index (χ3v) is 8.08. The van der Waals surface area contributed by atoms with E-state index in [-0.39, 0.29) is 43.2 Å². The smallest absolute Gasteiger partial charge is 0.400 e. The standard InChI is InChI=1S/C26H31F9O3/c1-22(2)13-36-23(37-14-22)9-7-16(8-10-23)25(32,33)24(30,31)15-3-5-17(6-4-15)26(34,35)38-18-11-19(27)21(29)20(28)12-18/h11-12,15-17H,3-10,13-14H2,1-2H3. The minimum atomic E-state index is -4.43. The van der Waals surface area contributed by atoms with E-state index in [1.807, 2.05) is 13.8 Å². The summed E-state index contributed by atoms with van der Waals surface area (Å²) in [5.41, 5.74) is -0.231. The Labute approximate surface area is 215 Å². The first-order valence-corrected chi connectivity index (χ1v) is 12.7. The van der Waals surface area contributed by atoms with E-state index in [2.05, 4.69) is 4.74 Å². The molecule has 0 radical (unpaired) electrons. The van der Waals surface area contributed by atoms with Gasteiger partial charge in [-0.25, -0.2) is 13.2 Å². The fourth-order valence-electron chi connectivity index (χ4n) is 5.61. The molecule has 3 aliphatic rings. The molecule has 0 N–H and O–H groups in total. The topological polar surface area (TPSA) is 27.7 Å². The molecule has 0 bridgehead atoms. The maximum absolute atomic E-state index is 15.2. The molecule has 0 atom stereocenters. The van der Waals surface area contributed by atoms with Gasteiger partial charge in [0.25, 0.3) is 0 Å². The van der Waals surface area contributed by atoms with Crippen molar-refractivity contribution < 1.29 is 53.7 Å². The highest BCUT2D eigenvalue weighted by molar-refractivity contribution is 5.25. The minimum absolute atomic E-state index is 0.0558. The normalized spacial score (nSPS) is 26.9. The molecule has 3 fully saturated rings. The number of rotatable bonds is 6. The van der Waals surface area contributed by atoms with E-state index in [9.17, 15) is 22.0 Å². The van der Waals surface area contributed by atoms with E-state index in [0.29, 0.717) is 13.2 Å².